The van der Waals surface area contributed by atoms with Gasteiger partial charge in [0.05, 0.1) is 18.8 Å². The molecule has 0 radical (unpaired) electrons. The number of carbonyl (C=O) groups excluding carboxylic acids is 1. The first kappa shape index (κ1) is 20.8. The Hall–Kier alpha value is -2.29. The average molecular weight is 363 g/mol. The molecule has 0 aliphatic carbocycles. The lowest BCUT2D eigenvalue weighted by Crippen LogP contribution is -2.46. The number of nitrogens with one attached hydrogen (secondary N) is 1. The first-order chi connectivity index (χ1) is 11.4. The van der Waals surface area contributed by atoms with E-state index in [1.54, 1.807) is 20.8 Å². The number of hydrogen-bond donors (Lipinski definition) is 2. The van der Waals surface area contributed by atoms with E-state index in [0.29, 0.717) is 0 Å². The molecule has 0 saturated heterocycles. The molecule has 9 heteroatoms. The fourth-order valence-corrected chi connectivity index (χ4v) is 1.83. The average Bonchev–Trinajstić information content (AvgIpc) is 2.43. The van der Waals surface area contributed by atoms with Crippen LogP contribution in [-0.4, -0.2) is 35.4 Å². The number of aliphatic carboxylic acids is 1. The lowest BCUT2D eigenvalue weighted by atomic mass is 10.1. The molecule has 1 amide bonds. The fraction of sp³-hybridized carbons (Fsp3) is 0.500. The minimum absolute atomic E-state index is 0.128. The summed E-state index contributed by atoms with van der Waals surface area (Å²) < 4.78 is 48.6. The Morgan fingerprint density at radius 3 is 2.32 bits per heavy atom. The predicted molar refractivity (Wildman–Crippen MR) is 81.9 cm³/mol. The first-order valence-corrected chi connectivity index (χ1v) is 7.35. The maximum Gasteiger partial charge on any atom is 0.416 e. The van der Waals surface area contributed by atoms with Crippen LogP contribution in [0.15, 0.2) is 24.3 Å². The van der Waals surface area contributed by atoms with Crippen LogP contribution >= 0.6 is 0 Å². The normalized spacial score (nSPS) is 13.2. The van der Waals surface area contributed by atoms with Crippen LogP contribution in [-0.2, 0) is 27.1 Å². The molecule has 0 spiro atoms. The van der Waals surface area contributed by atoms with Gasteiger partial charge in [0.25, 0.3) is 0 Å². The van der Waals surface area contributed by atoms with Gasteiger partial charge < -0.3 is 19.9 Å². The number of carbonyl (C=O) groups is 2. The van der Waals surface area contributed by atoms with Crippen LogP contribution in [0.4, 0.5) is 18.0 Å². The predicted octanol–water partition coefficient (Wildman–Crippen LogP) is 3.20. The molecular weight excluding hydrogens is 343 g/mol. The number of carboxylic acid groups (broad SMARTS) is 1. The van der Waals surface area contributed by atoms with Crippen molar-refractivity contribution in [2.45, 2.75) is 45.2 Å². The molecule has 0 aliphatic rings. The van der Waals surface area contributed by atoms with E-state index in [0.717, 1.165) is 6.07 Å². The molecule has 0 heterocycles. The molecule has 0 bridgehead atoms. The van der Waals surface area contributed by atoms with E-state index >= 15 is 0 Å². The highest BCUT2D eigenvalue weighted by molar-refractivity contribution is 5.80. The third-order valence-corrected chi connectivity index (χ3v) is 2.85. The van der Waals surface area contributed by atoms with Crippen molar-refractivity contribution in [1.82, 2.24) is 5.32 Å². The number of ether oxygens (including phenoxy) is 2. The zero-order valence-corrected chi connectivity index (χ0v) is 14.0. The summed E-state index contributed by atoms with van der Waals surface area (Å²) in [7, 11) is 0. The van der Waals surface area contributed by atoms with Crippen LogP contribution in [0.3, 0.4) is 0 Å². The molecule has 1 unspecified atom stereocenters. The first-order valence-electron chi connectivity index (χ1n) is 7.35. The van der Waals surface area contributed by atoms with Gasteiger partial charge in [-0.15, -0.1) is 0 Å². The van der Waals surface area contributed by atoms with Gasteiger partial charge in [-0.25, -0.2) is 9.59 Å². The Kier molecular flexibility index (Phi) is 6.80. The van der Waals surface area contributed by atoms with Crippen molar-refractivity contribution in [3.8, 4) is 0 Å². The van der Waals surface area contributed by atoms with Crippen molar-refractivity contribution in [2.75, 3.05) is 6.61 Å². The van der Waals surface area contributed by atoms with Gasteiger partial charge in [0.1, 0.15) is 5.60 Å². The van der Waals surface area contributed by atoms with E-state index < -0.39 is 48.7 Å². The molecule has 1 aromatic carbocycles. The van der Waals surface area contributed by atoms with Crippen molar-refractivity contribution < 1.29 is 37.3 Å². The second-order valence-corrected chi connectivity index (χ2v) is 6.21. The Balaban J connectivity index is 2.66. The Morgan fingerprint density at radius 2 is 1.80 bits per heavy atom. The molecular formula is C16H20F3NO5. The maximum atomic E-state index is 12.9. The van der Waals surface area contributed by atoms with Crippen LogP contribution in [0.2, 0.25) is 0 Å². The van der Waals surface area contributed by atoms with Crippen LogP contribution < -0.4 is 5.32 Å². The zero-order valence-electron chi connectivity index (χ0n) is 14.0. The van der Waals surface area contributed by atoms with Crippen molar-refractivity contribution in [3.63, 3.8) is 0 Å². The summed E-state index contributed by atoms with van der Waals surface area (Å²) in [6.07, 6.45) is -5.50. The second kappa shape index (κ2) is 8.19. The molecule has 1 aromatic rings. The SMILES string of the molecule is CC(C)(C)OC(=O)NC(COCc1ccccc1C(F)(F)F)C(=O)O. The van der Waals surface area contributed by atoms with Gasteiger partial charge in [0.2, 0.25) is 0 Å². The topological polar surface area (TPSA) is 84.9 Å². The maximum absolute atomic E-state index is 12.9. The molecule has 25 heavy (non-hydrogen) atoms. The van der Waals surface area contributed by atoms with Crippen molar-refractivity contribution in [2.24, 2.45) is 0 Å². The molecule has 1 rings (SSSR count). The third-order valence-electron chi connectivity index (χ3n) is 2.85. The van der Waals surface area contributed by atoms with Gasteiger partial charge in [-0.2, -0.15) is 13.2 Å². The van der Waals surface area contributed by atoms with E-state index in [1.165, 1.54) is 18.2 Å². The smallest absolute Gasteiger partial charge is 0.416 e. The Labute approximate surface area is 142 Å². The van der Waals surface area contributed by atoms with Gasteiger partial charge in [-0.3, -0.25) is 0 Å². The standard InChI is InChI=1S/C16H20F3NO5/c1-15(2,3)25-14(23)20-12(13(21)22)9-24-8-10-6-4-5-7-11(10)16(17,18)19/h4-7,12H,8-9H2,1-3H3,(H,20,23)(H,21,22). The molecule has 0 aromatic heterocycles. The molecule has 2 N–H and O–H groups in total. The zero-order chi connectivity index (χ0) is 19.3. The molecule has 6 nitrogen and oxygen atoms in total. The molecule has 0 saturated carbocycles. The lowest BCUT2D eigenvalue weighted by molar-refractivity contribution is -0.142. The fourth-order valence-electron chi connectivity index (χ4n) is 1.83. The summed E-state index contributed by atoms with van der Waals surface area (Å²) in [5, 5.41) is 11.2. The van der Waals surface area contributed by atoms with E-state index in [9.17, 15) is 22.8 Å². The van der Waals surface area contributed by atoms with Crippen molar-refractivity contribution >= 4 is 12.1 Å². The minimum atomic E-state index is -4.54. The molecule has 140 valence electrons. The van der Waals surface area contributed by atoms with Crippen molar-refractivity contribution in [3.05, 3.63) is 35.4 Å². The van der Waals surface area contributed by atoms with Crippen LogP contribution in [0.1, 0.15) is 31.9 Å². The van der Waals surface area contributed by atoms with Crippen molar-refractivity contribution in [1.29, 1.82) is 0 Å². The number of rotatable bonds is 6. The summed E-state index contributed by atoms with van der Waals surface area (Å²) in [5.74, 6) is -1.39. The third kappa shape index (κ3) is 7.42. The Bertz CT molecular complexity index is 611. The van der Waals surface area contributed by atoms with E-state index in [1.807, 2.05) is 0 Å². The Morgan fingerprint density at radius 1 is 1.20 bits per heavy atom. The number of benzene rings is 1. The van der Waals surface area contributed by atoms with Crippen LogP contribution in [0.25, 0.3) is 0 Å². The summed E-state index contributed by atoms with van der Waals surface area (Å²) in [6.45, 7) is 3.85. The summed E-state index contributed by atoms with van der Waals surface area (Å²) in [5.41, 5.74) is -1.81. The van der Waals surface area contributed by atoms with Crippen LogP contribution in [0.5, 0.6) is 0 Å². The monoisotopic (exact) mass is 363 g/mol. The molecule has 0 fully saturated rings. The van der Waals surface area contributed by atoms with Gasteiger partial charge in [0, 0.05) is 0 Å². The second-order valence-electron chi connectivity index (χ2n) is 6.21. The number of hydrogen-bond acceptors (Lipinski definition) is 4. The minimum Gasteiger partial charge on any atom is -0.480 e. The molecule has 1 atom stereocenters. The number of carboxylic acids is 1. The quantitative estimate of drug-likeness (QED) is 0.811. The van der Waals surface area contributed by atoms with Gasteiger partial charge in [-0.1, -0.05) is 18.2 Å². The highest BCUT2D eigenvalue weighted by Gasteiger charge is 2.33. The van der Waals surface area contributed by atoms with Gasteiger partial charge in [-0.05, 0) is 32.4 Å². The lowest BCUT2D eigenvalue weighted by Gasteiger charge is -2.22. The highest BCUT2D eigenvalue weighted by Crippen LogP contribution is 2.32. The summed E-state index contributed by atoms with van der Waals surface area (Å²) >= 11 is 0. The number of alkyl halides is 3. The van der Waals surface area contributed by atoms with E-state index in [2.05, 4.69) is 5.32 Å². The summed E-state index contributed by atoms with van der Waals surface area (Å²) in [4.78, 5) is 22.7. The summed E-state index contributed by atoms with van der Waals surface area (Å²) in [6, 6.07) is 3.36. The highest BCUT2D eigenvalue weighted by atomic mass is 19.4. The van der Waals surface area contributed by atoms with Gasteiger partial charge >= 0.3 is 18.2 Å². The van der Waals surface area contributed by atoms with E-state index in [-0.39, 0.29) is 5.56 Å². The van der Waals surface area contributed by atoms with Gasteiger partial charge in [0.15, 0.2) is 6.04 Å². The number of halogens is 3. The molecule has 0 aliphatic heterocycles. The largest absolute Gasteiger partial charge is 0.480 e. The van der Waals surface area contributed by atoms with Crippen LogP contribution in [0, 0.1) is 0 Å². The van der Waals surface area contributed by atoms with E-state index in [4.69, 9.17) is 14.6 Å². The number of alkyl carbamates (subject to hydrolysis) is 1. The number of amides is 1.